The summed E-state index contributed by atoms with van der Waals surface area (Å²) in [4.78, 5) is 12.2. The number of hydrogen-bond donors (Lipinski definition) is 0. The molecule has 0 saturated carbocycles. The molecule has 17 heavy (non-hydrogen) atoms. The van der Waals surface area contributed by atoms with Crippen LogP contribution in [0.3, 0.4) is 0 Å². The predicted octanol–water partition coefficient (Wildman–Crippen LogP) is 3.35. The van der Waals surface area contributed by atoms with Crippen molar-refractivity contribution in [1.29, 1.82) is 0 Å². The van der Waals surface area contributed by atoms with Crippen LogP contribution < -0.4 is 0 Å². The number of hydrogen-bond acceptors (Lipinski definition) is 3. The second-order valence-electron chi connectivity index (χ2n) is 3.63. The molecule has 0 fully saturated rings. The molecule has 0 amide bonds. The van der Waals surface area contributed by atoms with E-state index in [0.29, 0.717) is 5.15 Å². The normalized spacial score (nSPS) is 10.6. The summed E-state index contributed by atoms with van der Waals surface area (Å²) >= 11 is 6.09. The smallest absolute Gasteiger partial charge is 0.140 e. The number of fused-ring (bicyclic) bond motifs is 1. The van der Waals surface area contributed by atoms with Gasteiger partial charge in [-0.15, -0.1) is 0 Å². The summed E-state index contributed by atoms with van der Waals surface area (Å²) < 4.78 is 0. The van der Waals surface area contributed by atoms with Gasteiger partial charge < -0.3 is 0 Å². The number of halogens is 1. The van der Waals surface area contributed by atoms with Crippen LogP contribution in [0.25, 0.3) is 21.9 Å². The lowest BCUT2D eigenvalue weighted by Gasteiger charge is -2.06. The Hall–Kier alpha value is -2.00. The first-order chi connectivity index (χ1) is 8.36. The molecule has 0 atom stereocenters. The molecule has 0 saturated heterocycles. The zero-order valence-electron chi connectivity index (χ0n) is 8.84. The first-order valence-corrected chi connectivity index (χ1v) is 5.52. The SMILES string of the molecule is Clc1ncncc1-c1cccc2ccncc12. The highest BCUT2D eigenvalue weighted by atomic mass is 35.5. The zero-order valence-corrected chi connectivity index (χ0v) is 9.59. The van der Waals surface area contributed by atoms with Gasteiger partial charge in [0.25, 0.3) is 0 Å². The van der Waals surface area contributed by atoms with Crippen molar-refractivity contribution in [3.8, 4) is 11.1 Å². The first kappa shape index (κ1) is 10.2. The van der Waals surface area contributed by atoms with Crippen LogP contribution in [0.2, 0.25) is 5.15 Å². The van der Waals surface area contributed by atoms with Gasteiger partial charge in [0.1, 0.15) is 11.5 Å². The Balaban J connectivity index is 2.35. The van der Waals surface area contributed by atoms with Crippen molar-refractivity contribution in [2.75, 3.05) is 0 Å². The van der Waals surface area contributed by atoms with E-state index in [1.54, 1.807) is 12.4 Å². The van der Waals surface area contributed by atoms with Gasteiger partial charge in [-0.05, 0) is 17.0 Å². The minimum atomic E-state index is 0.455. The van der Waals surface area contributed by atoms with E-state index in [0.717, 1.165) is 21.9 Å². The fourth-order valence-corrected chi connectivity index (χ4v) is 2.04. The third-order valence-electron chi connectivity index (χ3n) is 2.64. The average Bonchev–Trinajstić information content (AvgIpc) is 2.39. The standard InChI is InChI=1S/C13H8ClN3/c14-13-12(7-16-8-17-13)10-3-1-2-9-4-5-15-6-11(9)10/h1-8H. The summed E-state index contributed by atoms with van der Waals surface area (Å²) in [7, 11) is 0. The number of benzene rings is 1. The highest BCUT2D eigenvalue weighted by Crippen LogP contribution is 2.30. The molecular weight excluding hydrogens is 234 g/mol. The molecular formula is C13H8ClN3. The predicted molar refractivity (Wildman–Crippen MR) is 67.8 cm³/mol. The van der Waals surface area contributed by atoms with Crippen LogP contribution in [0, 0.1) is 0 Å². The van der Waals surface area contributed by atoms with Crippen LogP contribution in [0.5, 0.6) is 0 Å². The Morgan fingerprint density at radius 2 is 1.88 bits per heavy atom. The van der Waals surface area contributed by atoms with Gasteiger partial charge in [0.2, 0.25) is 0 Å². The third-order valence-corrected chi connectivity index (χ3v) is 2.94. The number of pyridine rings is 1. The monoisotopic (exact) mass is 241 g/mol. The highest BCUT2D eigenvalue weighted by molar-refractivity contribution is 6.32. The van der Waals surface area contributed by atoms with Gasteiger partial charge in [-0.3, -0.25) is 4.98 Å². The van der Waals surface area contributed by atoms with E-state index in [1.165, 1.54) is 6.33 Å². The molecule has 0 aliphatic carbocycles. The first-order valence-electron chi connectivity index (χ1n) is 5.15. The van der Waals surface area contributed by atoms with E-state index < -0.39 is 0 Å². The molecule has 0 unspecified atom stereocenters. The third kappa shape index (κ3) is 1.74. The molecule has 2 heterocycles. The lowest BCUT2D eigenvalue weighted by molar-refractivity contribution is 1.17. The lowest BCUT2D eigenvalue weighted by atomic mass is 10.0. The second kappa shape index (κ2) is 4.11. The molecule has 3 nitrogen and oxygen atoms in total. The molecule has 0 N–H and O–H groups in total. The molecule has 0 aliphatic heterocycles. The van der Waals surface area contributed by atoms with E-state index in [9.17, 15) is 0 Å². The lowest BCUT2D eigenvalue weighted by Crippen LogP contribution is -1.87. The zero-order chi connectivity index (χ0) is 11.7. The maximum Gasteiger partial charge on any atom is 0.140 e. The van der Waals surface area contributed by atoms with Crippen molar-refractivity contribution in [3.63, 3.8) is 0 Å². The van der Waals surface area contributed by atoms with E-state index in [-0.39, 0.29) is 0 Å². The van der Waals surface area contributed by atoms with Crippen molar-refractivity contribution in [3.05, 3.63) is 54.3 Å². The van der Waals surface area contributed by atoms with E-state index in [4.69, 9.17) is 11.6 Å². The molecule has 0 aliphatic rings. The quantitative estimate of drug-likeness (QED) is 0.614. The molecule has 4 heteroatoms. The molecule has 0 radical (unpaired) electrons. The topological polar surface area (TPSA) is 38.7 Å². The summed E-state index contributed by atoms with van der Waals surface area (Å²) in [6.07, 6.45) is 6.76. The van der Waals surface area contributed by atoms with Crippen LogP contribution in [0.1, 0.15) is 0 Å². The largest absolute Gasteiger partial charge is 0.264 e. The Morgan fingerprint density at radius 1 is 0.941 bits per heavy atom. The minimum Gasteiger partial charge on any atom is -0.264 e. The summed E-state index contributed by atoms with van der Waals surface area (Å²) in [5.74, 6) is 0. The van der Waals surface area contributed by atoms with Crippen molar-refractivity contribution in [2.24, 2.45) is 0 Å². The van der Waals surface area contributed by atoms with Crippen molar-refractivity contribution < 1.29 is 0 Å². The van der Waals surface area contributed by atoms with E-state index in [2.05, 4.69) is 15.0 Å². The molecule has 1 aromatic carbocycles. The Morgan fingerprint density at radius 3 is 2.76 bits per heavy atom. The van der Waals surface area contributed by atoms with Crippen LogP contribution in [-0.4, -0.2) is 15.0 Å². The van der Waals surface area contributed by atoms with E-state index >= 15 is 0 Å². The number of nitrogens with zero attached hydrogens (tertiary/aromatic N) is 3. The van der Waals surface area contributed by atoms with E-state index in [1.807, 2.05) is 30.5 Å². The van der Waals surface area contributed by atoms with Crippen LogP contribution >= 0.6 is 11.6 Å². The van der Waals surface area contributed by atoms with Crippen molar-refractivity contribution in [1.82, 2.24) is 15.0 Å². The Labute approximate surface area is 103 Å². The average molecular weight is 242 g/mol. The molecule has 3 aromatic rings. The van der Waals surface area contributed by atoms with Gasteiger partial charge in [0, 0.05) is 29.5 Å². The molecule has 0 spiro atoms. The summed E-state index contributed by atoms with van der Waals surface area (Å²) in [6, 6.07) is 7.99. The fourth-order valence-electron chi connectivity index (χ4n) is 1.84. The maximum absolute atomic E-state index is 6.09. The van der Waals surface area contributed by atoms with Gasteiger partial charge in [-0.25, -0.2) is 9.97 Å². The summed E-state index contributed by atoms with van der Waals surface area (Å²) in [5.41, 5.74) is 1.83. The molecule has 82 valence electrons. The van der Waals surface area contributed by atoms with Gasteiger partial charge in [0.15, 0.2) is 0 Å². The van der Waals surface area contributed by atoms with Crippen LogP contribution in [0.15, 0.2) is 49.2 Å². The number of rotatable bonds is 1. The summed E-state index contributed by atoms with van der Waals surface area (Å²) in [5, 5.41) is 2.63. The molecule has 2 aromatic heterocycles. The van der Waals surface area contributed by atoms with Gasteiger partial charge >= 0.3 is 0 Å². The highest BCUT2D eigenvalue weighted by Gasteiger charge is 2.08. The maximum atomic E-state index is 6.09. The van der Waals surface area contributed by atoms with Gasteiger partial charge in [-0.1, -0.05) is 29.8 Å². The van der Waals surface area contributed by atoms with Crippen LogP contribution in [0.4, 0.5) is 0 Å². The molecule has 0 bridgehead atoms. The van der Waals surface area contributed by atoms with Gasteiger partial charge in [-0.2, -0.15) is 0 Å². The van der Waals surface area contributed by atoms with Gasteiger partial charge in [0.05, 0.1) is 0 Å². The Bertz CT molecular complexity index is 677. The minimum absolute atomic E-state index is 0.455. The Kier molecular flexibility index (Phi) is 2.46. The number of aromatic nitrogens is 3. The molecule has 3 rings (SSSR count). The van der Waals surface area contributed by atoms with Crippen molar-refractivity contribution >= 4 is 22.4 Å². The van der Waals surface area contributed by atoms with Crippen molar-refractivity contribution in [2.45, 2.75) is 0 Å². The summed E-state index contributed by atoms with van der Waals surface area (Å²) in [6.45, 7) is 0. The van der Waals surface area contributed by atoms with Crippen LogP contribution in [-0.2, 0) is 0 Å². The fraction of sp³-hybridized carbons (Fsp3) is 0. The second-order valence-corrected chi connectivity index (χ2v) is 3.99.